The van der Waals surface area contributed by atoms with Crippen molar-refractivity contribution in [1.82, 2.24) is 15.1 Å². The molecular weight excluding hydrogens is 234 g/mol. The van der Waals surface area contributed by atoms with Gasteiger partial charge in [-0.2, -0.15) is 5.10 Å². The van der Waals surface area contributed by atoms with E-state index in [0.717, 1.165) is 6.54 Å². The highest BCUT2D eigenvalue weighted by Crippen LogP contribution is 2.29. The van der Waals surface area contributed by atoms with E-state index in [1.165, 1.54) is 43.4 Å². The molecule has 0 amide bonds. The highest BCUT2D eigenvalue weighted by Gasteiger charge is 2.27. The number of rotatable bonds is 3. The van der Waals surface area contributed by atoms with Crippen molar-refractivity contribution in [3.8, 4) is 0 Å². The summed E-state index contributed by atoms with van der Waals surface area (Å²) in [6, 6.07) is 0. The Morgan fingerprint density at radius 1 is 1.26 bits per heavy atom. The van der Waals surface area contributed by atoms with E-state index in [0.29, 0.717) is 5.54 Å². The number of aryl methyl sites for hydroxylation is 1. The van der Waals surface area contributed by atoms with Gasteiger partial charge in [0.05, 0.1) is 5.69 Å². The maximum Gasteiger partial charge on any atom is 0.0722 e. The van der Waals surface area contributed by atoms with Crippen LogP contribution in [0.2, 0.25) is 0 Å². The van der Waals surface area contributed by atoms with Gasteiger partial charge in [-0.1, -0.05) is 40.0 Å². The molecule has 1 saturated carbocycles. The highest BCUT2D eigenvalue weighted by molar-refractivity contribution is 5.24. The second-order valence-electron chi connectivity index (χ2n) is 7.40. The van der Waals surface area contributed by atoms with E-state index in [2.05, 4.69) is 44.3 Å². The van der Waals surface area contributed by atoms with Crippen LogP contribution in [0.25, 0.3) is 0 Å². The van der Waals surface area contributed by atoms with Gasteiger partial charge in [0.25, 0.3) is 0 Å². The van der Waals surface area contributed by atoms with Crippen LogP contribution in [0.4, 0.5) is 0 Å². The van der Waals surface area contributed by atoms with E-state index in [1.807, 2.05) is 11.7 Å². The first kappa shape index (κ1) is 14.6. The third-order valence-electron chi connectivity index (χ3n) is 4.28. The minimum atomic E-state index is 0.117. The zero-order valence-electron chi connectivity index (χ0n) is 13.2. The molecule has 1 aliphatic rings. The van der Waals surface area contributed by atoms with Crippen LogP contribution >= 0.6 is 0 Å². The Labute approximate surface area is 117 Å². The van der Waals surface area contributed by atoms with Gasteiger partial charge >= 0.3 is 0 Å². The Morgan fingerprint density at radius 3 is 2.47 bits per heavy atom. The molecule has 19 heavy (non-hydrogen) atoms. The Hall–Kier alpha value is -0.830. The molecule has 0 spiro atoms. The molecule has 0 unspecified atom stereocenters. The zero-order valence-corrected chi connectivity index (χ0v) is 13.2. The lowest BCUT2D eigenvalue weighted by atomic mass is 9.83. The van der Waals surface area contributed by atoms with Crippen LogP contribution in [0.3, 0.4) is 0 Å². The molecule has 1 aromatic rings. The summed E-state index contributed by atoms with van der Waals surface area (Å²) < 4.78 is 1.95. The maximum atomic E-state index is 4.65. The van der Waals surface area contributed by atoms with Crippen molar-refractivity contribution in [2.45, 2.75) is 77.3 Å². The summed E-state index contributed by atoms with van der Waals surface area (Å²) in [4.78, 5) is 0. The third kappa shape index (κ3) is 3.59. The summed E-state index contributed by atoms with van der Waals surface area (Å²) >= 11 is 0. The van der Waals surface area contributed by atoms with Crippen molar-refractivity contribution >= 4 is 0 Å². The van der Waals surface area contributed by atoms with E-state index in [4.69, 9.17) is 0 Å². The Bertz CT molecular complexity index is 420. The summed E-state index contributed by atoms with van der Waals surface area (Å²) in [6.07, 6.45) is 8.90. The molecule has 0 bridgehead atoms. The minimum Gasteiger partial charge on any atom is -0.307 e. The van der Waals surface area contributed by atoms with Crippen LogP contribution in [-0.2, 0) is 19.0 Å². The van der Waals surface area contributed by atoms with Crippen molar-refractivity contribution in [2.75, 3.05) is 0 Å². The predicted octanol–water partition coefficient (Wildman–Crippen LogP) is 3.53. The number of nitrogens with zero attached hydrogens (tertiary/aromatic N) is 2. The Kier molecular flexibility index (Phi) is 4.05. The molecule has 0 radical (unpaired) electrons. The first-order valence-electron chi connectivity index (χ1n) is 7.58. The molecule has 1 aromatic heterocycles. The van der Waals surface area contributed by atoms with Crippen LogP contribution in [0.15, 0.2) is 6.20 Å². The first-order chi connectivity index (χ1) is 8.80. The largest absolute Gasteiger partial charge is 0.307 e. The smallest absolute Gasteiger partial charge is 0.0722 e. The maximum absolute atomic E-state index is 4.65. The van der Waals surface area contributed by atoms with Gasteiger partial charge in [0.15, 0.2) is 0 Å². The normalized spacial score (nSPS) is 19.6. The monoisotopic (exact) mass is 263 g/mol. The molecule has 0 aromatic carbocycles. The molecule has 108 valence electrons. The summed E-state index contributed by atoms with van der Waals surface area (Å²) in [5.41, 5.74) is 3.01. The lowest BCUT2D eigenvalue weighted by molar-refractivity contribution is 0.252. The number of nitrogens with one attached hydrogen (secondary N) is 1. The fourth-order valence-corrected chi connectivity index (χ4v) is 3.12. The molecule has 1 fully saturated rings. The van der Waals surface area contributed by atoms with Crippen LogP contribution in [0.1, 0.15) is 71.1 Å². The molecule has 1 heterocycles. The standard InChI is InChI=1S/C16H29N3/c1-15(2,3)14-13(12-19(5)18-14)11-17-16(4)9-7-6-8-10-16/h12,17H,6-11H2,1-5H3. The van der Waals surface area contributed by atoms with Gasteiger partial charge in [-0.05, 0) is 19.8 Å². The van der Waals surface area contributed by atoms with Gasteiger partial charge in [0.1, 0.15) is 0 Å². The van der Waals surface area contributed by atoms with Gasteiger partial charge in [0, 0.05) is 36.3 Å². The number of aromatic nitrogens is 2. The lowest BCUT2D eigenvalue weighted by Crippen LogP contribution is -2.43. The molecule has 1 aliphatic carbocycles. The first-order valence-corrected chi connectivity index (χ1v) is 7.58. The summed E-state index contributed by atoms with van der Waals surface area (Å²) in [7, 11) is 2.01. The van der Waals surface area contributed by atoms with Gasteiger partial charge < -0.3 is 5.32 Å². The minimum absolute atomic E-state index is 0.117. The fourth-order valence-electron chi connectivity index (χ4n) is 3.12. The van der Waals surface area contributed by atoms with Crippen molar-refractivity contribution in [2.24, 2.45) is 7.05 Å². The lowest BCUT2D eigenvalue weighted by Gasteiger charge is -2.35. The molecule has 1 N–H and O–H groups in total. The van der Waals surface area contributed by atoms with Crippen LogP contribution < -0.4 is 5.32 Å². The van der Waals surface area contributed by atoms with E-state index in [1.54, 1.807) is 0 Å². The fraction of sp³-hybridized carbons (Fsp3) is 0.812. The van der Waals surface area contributed by atoms with E-state index in [-0.39, 0.29) is 5.41 Å². The summed E-state index contributed by atoms with van der Waals surface area (Å²) in [5.74, 6) is 0. The van der Waals surface area contributed by atoms with Gasteiger partial charge in [-0.25, -0.2) is 0 Å². The molecule has 3 nitrogen and oxygen atoms in total. The number of hydrogen-bond acceptors (Lipinski definition) is 2. The van der Waals surface area contributed by atoms with Crippen LogP contribution in [0, 0.1) is 0 Å². The van der Waals surface area contributed by atoms with Gasteiger partial charge in [0.2, 0.25) is 0 Å². The van der Waals surface area contributed by atoms with E-state index in [9.17, 15) is 0 Å². The third-order valence-corrected chi connectivity index (χ3v) is 4.28. The van der Waals surface area contributed by atoms with E-state index < -0.39 is 0 Å². The molecule has 0 saturated heterocycles. The van der Waals surface area contributed by atoms with Crippen molar-refractivity contribution in [1.29, 1.82) is 0 Å². The zero-order chi connectivity index (χ0) is 14.1. The Morgan fingerprint density at radius 2 is 1.89 bits per heavy atom. The second-order valence-corrected chi connectivity index (χ2v) is 7.40. The molecule has 2 rings (SSSR count). The highest BCUT2D eigenvalue weighted by atomic mass is 15.3. The van der Waals surface area contributed by atoms with Crippen LogP contribution in [0.5, 0.6) is 0 Å². The Balaban J connectivity index is 2.07. The molecular formula is C16H29N3. The SMILES string of the molecule is Cn1cc(CNC2(C)CCCCC2)c(C(C)(C)C)n1. The van der Waals surface area contributed by atoms with Crippen molar-refractivity contribution in [3.05, 3.63) is 17.5 Å². The molecule has 0 atom stereocenters. The average molecular weight is 263 g/mol. The molecule has 0 aliphatic heterocycles. The van der Waals surface area contributed by atoms with Crippen molar-refractivity contribution in [3.63, 3.8) is 0 Å². The quantitative estimate of drug-likeness (QED) is 0.904. The topological polar surface area (TPSA) is 29.9 Å². The summed E-state index contributed by atoms with van der Waals surface area (Å²) in [5, 5.41) is 8.43. The summed E-state index contributed by atoms with van der Waals surface area (Å²) in [6.45, 7) is 10.0. The van der Waals surface area contributed by atoms with Gasteiger partial charge in [-0.15, -0.1) is 0 Å². The number of hydrogen-bond donors (Lipinski definition) is 1. The second kappa shape index (κ2) is 5.28. The van der Waals surface area contributed by atoms with Gasteiger partial charge in [-0.3, -0.25) is 4.68 Å². The predicted molar refractivity (Wildman–Crippen MR) is 80.2 cm³/mol. The molecule has 3 heteroatoms. The van der Waals surface area contributed by atoms with E-state index >= 15 is 0 Å². The average Bonchev–Trinajstić information content (AvgIpc) is 2.69. The van der Waals surface area contributed by atoms with Crippen molar-refractivity contribution < 1.29 is 0 Å². The van der Waals surface area contributed by atoms with Crippen LogP contribution in [-0.4, -0.2) is 15.3 Å².